The fraction of sp³-hybridized carbons (Fsp3) is 0.955. The Labute approximate surface area is 176 Å². The van der Waals surface area contributed by atoms with Crippen molar-refractivity contribution in [2.45, 2.75) is 76.1 Å². The van der Waals surface area contributed by atoms with E-state index in [4.69, 9.17) is 5.73 Å². The number of rotatable bonds is 4. The summed E-state index contributed by atoms with van der Waals surface area (Å²) in [5.74, 6) is 2.55. The van der Waals surface area contributed by atoms with Crippen LogP contribution in [0.4, 0.5) is 0 Å². The van der Waals surface area contributed by atoms with Crippen molar-refractivity contribution in [3.63, 3.8) is 0 Å². The average Bonchev–Trinajstić information content (AvgIpc) is 2.78. The maximum absolute atomic E-state index is 13.3. The van der Waals surface area contributed by atoms with Gasteiger partial charge in [-0.05, 0) is 93.9 Å². The summed E-state index contributed by atoms with van der Waals surface area (Å²) in [6.07, 6.45) is 11.1. The Hall–Kier alpha value is -0.625. The van der Waals surface area contributed by atoms with Crippen molar-refractivity contribution >= 4 is 13.0 Å². The first-order valence-corrected chi connectivity index (χ1v) is 12.1. The standard InChI is InChI=1S/C22H40BN3O3/c24-14-15-3-1-4-17(11-15)16-6-9-26(10-7-16)22(27)18-12-20(23(28)29)19-5-2-8-25-21(19)13-18/h15-21,25,28-29H,1-14,24H2. The van der Waals surface area contributed by atoms with Crippen LogP contribution in [0.2, 0.25) is 5.82 Å². The average molecular weight is 405 g/mol. The number of likely N-dealkylation sites (tertiary alicyclic amines) is 1. The van der Waals surface area contributed by atoms with E-state index in [1.165, 1.54) is 25.7 Å². The summed E-state index contributed by atoms with van der Waals surface area (Å²) < 4.78 is 0. The molecule has 4 fully saturated rings. The number of hydrogen-bond donors (Lipinski definition) is 4. The molecular formula is C22H40BN3O3. The molecule has 0 bridgehead atoms. The van der Waals surface area contributed by atoms with E-state index in [0.717, 1.165) is 70.1 Å². The number of carbonyl (C=O) groups is 1. The van der Waals surface area contributed by atoms with Gasteiger partial charge in [-0.2, -0.15) is 0 Å². The summed E-state index contributed by atoms with van der Waals surface area (Å²) in [5.41, 5.74) is 5.92. The van der Waals surface area contributed by atoms with Gasteiger partial charge in [-0.25, -0.2) is 0 Å². The minimum Gasteiger partial charge on any atom is -0.427 e. The zero-order valence-electron chi connectivity index (χ0n) is 17.8. The quantitative estimate of drug-likeness (QED) is 0.533. The van der Waals surface area contributed by atoms with Crippen molar-refractivity contribution in [1.82, 2.24) is 10.2 Å². The molecule has 164 valence electrons. The highest BCUT2D eigenvalue weighted by Crippen LogP contribution is 2.44. The Balaban J connectivity index is 1.32. The molecule has 2 saturated heterocycles. The van der Waals surface area contributed by atoms with Gasteiger partial charge >= 0.3 is 7.12 Å². The SMILES string of the molecule is NCC1CCCC(C2CCN(C(=O)C3CC4NCCCC4C(B(O)O)C3)CC2)C1. The first-order valence-electron chi connectivity index (χ1n) is 12.1. The maximum atomic E-state index is 13.3. The first-order chi connectivity index (χ1) is 14.1. The van der Waals surface area contributed by atoms with Crippen LogP contribution in [-0.4, -0.2) is 60.2 Å². The van der Waals surface area contributed by atoms with E-state index in [1.54, 1.807) is 0 Å². The summed E-state index contributed by atoms with van der Waals surface area (Å²) in [7, 11) is -1.31. The highest BCUT2D eigenvalue weighted by Gasteiger charge is 2.46. The number of carbonyl (C=O) groups excluding carboxylic acids is 1. The second-order valence-electron chi connectivity index (χ2n) is 10.3. The van der Waals surface area contributed by atoms with Gasteiger partial charge in [0.1, 0.15) is 0 Å². The van der Waals surface area contributed by atoms with Gasteiger partial charge in [0.05, 0.1) is 0 Å². The summed E-state index contributed by atoms with van der Waals surface area (Å²) in [4.78, 5) is 15.4. The molecule has 6 unspecified atom stereocenters. The van der Waals surface area contributed by atoms with Crippen LogP contribution in [0.25, 0.3) is 0 Å². The molecular weight excluding hydrogens is 365 g/mol. The molecule has 0 aromatic carbocycles. The van der Waals surface area contributed by atoms with Gasteiger partial charge in [-0.3, -0.25) is 4.79 Å². The lowest BCUT2D eigenvalue weighted by Crippen LogP contribution is -2.53. The van der Waals surface area contributed by atoms with Crippen molar-refractivity contribution in [3.8, 4) is 0 Å². The van der Waals surface area contributed by atoms with Crippen molar-refractivity contribution in [2.24, 2.45) is 35.3 Å². The zero-order valence-corrected chi connectivity index (χ0v) is 17.8. The fourth-order valence-corrected chi connectivity index (χ4v) is 7.02. The summed E-state index contributed by atoms with van der Waals surface area (Å²) in [6.45, 7) is 3.55. The number of amides is 1. The lowest BCUT2D eigenvalue weighted by Gasteiger charge is -2.46. The van der Waals surface area contributed by atoms with Crippen LogP contribution in [0.3, 0.4) is 0 Å². The van der Waals surface area contributed by atoms with Gasteiger partial charge in [0.2, 0.25) is 5.91 Å². The van der Waals surface area contributed by atoms with E-state index >= 15 is 0 Å². The van der Waals surface area contributed by atoms with Crippen molar-refractivity contribution < 1.29 is 14.8 Å². The Morgan fingerprint density at radius 2 is 1.79 bits per heavy atom. The van der Waals surface area contributed by atoms with E-state index < -0.39 is 7.12 Å². The van der Waals surface area contributed by atoms with Gasteiger partial charge in [0.15, 0.2) is 0 Å². The van der Waals surface area contributed by atoms with Crippen molar-refractivity contribution in [2.75, 3.05) is 26.2 Å². The maximum Gasteiger partial charge on any atom is 0.455 e. The molecule has 2 heterocycles. The van der Waals surface area contributed by atoms with Gasteiger partial charge in [-0.15, -0.1) is 0 Å². The minimum atomic E-state index is -1.31. The molecule has 2 aliphatic heterocycles. The third-order valence-electron chi connectivity index (χ3n) is 8.69. The highest BCUT2D eigenvalue weighted by molar-refractivity contribution is 6.43. The number of nitrogens with one attached hydrogen (secondary N) is 1. The Kier molecular flexibility index (Phi) is 7.20. The molecule has 4 aliphatic rings. The topological polar surface area (TPSA) is 98.8 Å². The largest absolute Gasteiger partial charge is 0.455 e. The molecule has 2 saturated carbocycles. The number of nitrogens with two attached hydrogens (primary N) is 1. The number of nitrogens with zero attached hydrogens (tertiary/aromatic N) is 1. The minimum absolute atomic E-state index is 0.0681. The number of hydrogen-bond acceptors (Lipinski definition) is 5. The van der Waals surface area contributed by atoms with Gasteiger partial charge in [-0.1, -0.05) is 12.8 Å². The predicted molar refractivity (Wildman–Crippen MR) is 115 cm³/mol. The Morgan fingerprint density at radius 3 is 2.52 bits per heavy atom. The second-order valence-corrected chi connectivity index (χ2v) is 10.3. The van der Waals surface area contributed by atoms with Gasteiger partial charge in [0, 0.05) is 25.0 Å². The molecule has 5 N–H and O–H groups in total. The lowest BCUT2D eigenvalue weighted by atomic mass is 9.54. The molecule has 0 spiro atoms. The molecule has 0 aromatic rings. The molecule has 6 nitrogen and oxygen atoms in total. The van der Waals surface area contributed by atoms with Crippen LogP contribution >= 0.6 is 0 Å². The number of piperidine rings is 2. The molecule has 29 heavy (non-hydrogen) atoms. The van der Waals surface area contributed by atoms with Gasteiger partial charge < -0.3 is 26.0 Å². The van der Waals surface area contributed by atoms with E-state index in [-0.39, 0.29) is 23.7 Å². The highest BCUT2D eigenvalue weighted by atomic mass is 16.4. The van der Waals surface area contributed by atoms with E-state index in [1.807, 2.05) is 0 Å². The monoisotopic (exact) mass is 405 g/mol. The Bertz CT molecular complexity index is 555. The van der Waals surface area contributed by atoms with Crippen LogP contribution in [0, 0.1) is 29.6 Å². The van der Waals surface area contributed by atoms with E-state index in [0.29, 0.717) is 18.3 Å². The summed E-state index contributed by atoms with van der Waals surface area (Å²) >= 11 is 0. The van der Waals surface area contributed by atoms with Crippen molar-refractivity contribution in [1.29, 1.82) is 0 Å². The fourth-order valence-electron chi connectivity index (χ4n) is 7.02. The lowest BCUT2D eigenvalue weighted by molar-refractivity contribution is -0.139. The molecule has 7 heteroatoms. The smallest absolute Gasteiger partial charge is 0.427 e. The zero-order chi connectivity index (χ0) is 20.4. The second kappa shape index (κ2) is 9.67. The first kappa shape index (κ1) is 21.6. The summed E-state index contributed by atoms with van der Waals surface area (Å²) in [6, 6.07) is 0.256. The molecule has 6 atom stereocenters. The normalized spacial score (nSPS) is 39.1. The number of fused-ring (bicyclic) bond motifs is 1. The van der Waals surface area contributed by atoms with Crippen LogP contribution in [0.15, 0.2) is 0 Å². The molecule has 4 rings (SSSR count). The van der Waals surface area contributed by atoms with Crippen LogP contribution in [0.1, 0.15) is 64.2 Å². The van der Waals surface area contributed by atoms with Crippen molar-refractivity contribution in [3.05, 3.63) is 0 Å². The molecule has 0 aromatic heterocycles. The predicted octanol–water partition coefficient (Wildman–Crippen LogP) is 1.61. The molecule has 1 amide bonds. The van der Waals surface area contributed by atoms with Crippen LogP contribution in [0.5, 0.6) is 0 Å². The van der Waals surface area contributed by atoms with Crippen LogP contribution < -0.4 is 11.1 Å². The van der Waals surface area contributed by atoms with Gasteiger partial charge in [0.25, 0.3) is 0 Å². The third-order valence-corrected chi connectivity index (χ3v) is 8.69. The van der Waals surface area contributed by atoms with E-state index in [9.17, 15) is 14.8 Å². The van der Waals surface area contributed by atoms with Crippen LogP contribution in [-0.2, 0) is 4.79 Å². The Morgan fingerprint density at radius 1 is 1.00 bits per heavy atom. The third kappa shape index (κ3) is 4.84. The summed E-state index contributed by atoms with van der Waals surface area (Å²) in [5, 5.41) is 23.4. The van der Waals surface area contributed by atoms with E-state index in [2.05, 4.69) is 10.2 Å². The molecule has 2 aliphatic carbocycles. The molecule has 0 radical (unpaired) electrons.